The zero-order valence-electron chi connectivity index (χ0n) is 15.7. The van der Waals surface area contributed by atoms with Crippen molar-refractivity contribution in [3.8, 4) is 0 Å². The van der Waals surface area contributed by atoms with E-state index in [1.165, 1.54) is 22.3 Å². The molecule has 0 unspecified atom stereocenters. The quantitative estimate of drug-likeness (QED) is 0.639. The van der Waals surface area contributed by atoms with Crippen LogP contribution in [0.5, 0.6) is 0 Å². The molecule has 4 rings (SSSR count). The Hall–Kier alpha value is -2.39. The van der Waals surface area contributed by atoms with E-state index in [1.807, 2.05) is 6.07 Å². The van der Waals surface area contributed by atoms with Gasteiger partial charge in [-0.2, -0.15) is 0 Å². The molecule has 0 aliphatic carbocycles. The van der Waals surface area contributed by atoms with Gasteiger partial charge >= 0.3 is 5.63 Å². The normalized spacial score (nSPS) is 14.8. The molecule has 0 N–H and O–H groups in total. The molecule has 1 aliphatic rings. The summed E-state index contributed by atoms with van der Waals surface area (Å²) >= 11 is 0. The van der Waals surface area contributed by atoms with Gasteiger partial charge in [0.05, 0.1) is 0 Å². The number of fused-ring (bicyclic) bond motifs is 2. The van der Waals surface area contributed by atoms with Crippen LogP contribution >= 0.6 is 0 Å². The average molecular weight is 347 g/mol. The smallest absolute Gasteiger partial charge is 0.336 e. The molecular weight excluding hydrogens is 322 g/mol. The number of hydrogen-bond donors (Lipinski definition) is 0. The molecule has 2 aromatic carbocycles. The number of rotatable bonds is 3. The maximum atomic E-state index is 12.1. The third-order valence-corrected chi connectivity index (χ3v) is 5.44. The molecular formula is C23H25NO2. The van der Waals surface area contributed by atoms with E-state index in [0.29, 0.717) is 11.5 Å². The van der Waals surface area contributed by atoms with Crippen molar-refractivity contribution in [3.63, 3.8) is 0 Å². The first-order valence-corrected chi connectivity index (χ1v) is 9.37. The second-order valence-corrected chi connectivity index (χ2v) is 7.68. The van der Waals surface area contributed by atoms with Gasteiger partial charge in [-0.25, -0.2) is 4.79 Å². The fourth-order valence-electron chi connectivity index (χ4n) is 4.07. The van der Waals surface area contributed by atoms with Crippen LogP contribution in [0.15, 0.2) is 51.7 Å². The summed E-state index contributed by atoms with van der Waals surface area (Å²) in [6.45, 7) is 9.21. The molecule has 2 heterocycles. The Bertz CT molecular complexity index is 1020. The highest BCUT2D eigenvalue weighted by Crippen LogP contribution is 2.28. The minimum Gasteiger partial charge on any atom is -0.423 e. The molecule has 0 saturated carbocycles. The molecule has 26 heavy (non-hydrogen) atoms. The van der Waals surface area contributed by atoms with Crippen molar-refractivity contribution in [1.82, 2.24) is 4.90 Å². The Balaban J connectivity index is 1.72. The van der Waals surface area contributed by atoms with Crippen molar-refractivity contribution in [2.75, 3.05) is 6.54 Å². The second kappa shape index (κ2) is 6.73. The highest BCUT2D eigenvalue weighted by Gasteiger charge is 2.18. The Kier molecular flexibility index (Phi) is 4.41. The maximum Gasteiger partial charge on any atom is 0.336 e. The standard InChI is InChI=1S/C23H25NO2/c1-15(2)20-12-21-19(11-23(25)26-22(21)10-16(20)3)14-24-9-8-17-6-4-5-7-18(17)13-24/h4-7,10-12,15H,8-9,13-14H2,1-3H3. The van der Waals surface area contributed by atoms with E-state index in [9.17, 15) is 4.79 Å². The van der Waals surface area contributed by atoms with E-state index in [2.05, 4.69) is 56.0 Å². The molecule has 0 atom stereocenters. The lowest BCUT2D eigenvalue weighted by Gasteiger charge is -2.29. The molecule has 0 amide bonds. The van der Waals surface area contributed by atoms with E-state index >= 15 is 0 Å². The highest BCUT2D eigenvalue weighted by molar-refractivity contribution is 5.82. The van der Waals surface area contributed by atoms with Crippen LogP contribution in [0.3, 0.4) is 0 Å². The molecule has 0 radical (unpaired) electrons. The van der Waals surface area contributed by atoms with Gasteiger partial charge in [0.25, 0.3) is 0 Å². The van der Waals surface area contributed by atoms with Crippen LogP contribution in [-0.4, -0.2) is 11.4 Å². The molecule has 1 aromatic heterocycles. The number of aryl methyl sites for hydroxylation is 1. The molecule has 3 nitrogen and oxygen atoms in total. The molecule has 0 spiro atoms. The summed E-state index contributed by atoms with van der Waals surface area (Å²) in [6, 6.07) is 14.5. The van der Waals surface area contributed by atoms with Gasteiger partial charge in [0.2, 0.25) is 0 Å². The first-order valence-electron chi connectivity index (χ1n) is 9.37. The van der Waals surface area contributed by atoms with E-state index < -0.39 is 0 Å². The number of hydrogen-bond acceptors (Lipinski definition) is 3. The molecule has 1 aliphatic heterocycles. The van der Waals surface area contributed by atoms with E-state index in [-0.39, 0.29) is 5.63 Å². The van der Waals surface area contributed by atoms with Crippen LogP contribution in [0.4, 0.5) is 0 Å². The fourth-order valence-corrected chi connectivity index (χ4v) is 4.07. The largest absolute Gasteiger partial charge is 0.423 e. The Morgan fingerprint density at radius 2 is 1.88 bits per heavy atom. The minimum atomic E-state index is -0.262. The summed E-state index contributed by atoms with van der Waals surface area (Å²) in [5.41, 5.74) is 6.84. The van der Waals surface area contributed by atoms with Crippen LogP contribution < -0.4 is 5.63 Å². The maximum absolute atomic E-state index is 12.1. The average Bonchev–Trinajstić information content (AvgIpc) is 2.60. The molecule has 3 aromatic rings. The van der Waals surface area contributed by atoms with Gasteiger partial charge in [0.1, 0.15) is 5.58 Å². The Morgan fingerprint density at radius 1 is 1.12 bits per heavy atom. The zero-order valence-corrected chi connectivity index (χ0v) is 15.7. The van der Waals surface area contributed by atoms with E-state index in [0.717, 1.165) is 37.0 Å². The summed E-state index contributed by atoms with van der Waals surface area (Å²) in [5, 5.41) is 1.07. The predicted octanol–water partition coefficient (Wildman–Crippen LogP) is 4.78. The molecule has 0 bridgehead atoms. The second-order valence-electron chi connectivity index (χ2n) is 7.68. The summed E-state index contributed by atoms with van der Waals surface area (Å²) in [5.74, 6) is 0.445. The molecule has 0 saturated heterocycles. The summed E-state index contributed by atoms with van der Waals surface area (Å²) in [4.78, 5) is 14.5. The first kappa shape index (κ1) is 17.0. The van der Waals surface area contributed by atoms with Gasteiger partial charge in [0.15, 0.2) is 0 Å². The van der Waals surface area contributed by atoms with Crippen molar-refractivity contribution in [3.05, 3.63) is 80.7 Å². The lowest BCUT2D eigenvalue weighted by atomic mass is 9.94. The highest BCUT2D eigenvalue weighted by atomic mass is 16.4. The van der Waals surface area contributed by atoms with Crippen LogP contribution in [-0.2, 0) is 19.5 Å². The fraction of sp³-hybridized carbons (Fsp3) is 0.348. The monoisotopic (exact) mass is 347 g/mol. The SMILES string of the molecule is Cc1cc2oc(=O)cc(CN3CCc4ccccc4C3)c2cc1C(C)C. The van der Waals surface area contributed by atoms with Gasteiger partial charge in [-0.05, 0) is 59.2 Å². The van der Waals surface area contributed by atoms with Crippen molar-refractivity contribution >= 4 is 11.0 Å². The lowest BCUT2D eigenvalue weighted by molar-refractivity contribution is 0.246. The zero-order chi connectivity index (χ0) is 18.3. The minimum absolute atomic E-state index is 0.262. The Morgan fingerprint density at radius 3 is 2.65 bits per heavy atom. The van der Waals surface area contributed by atoms with Gasteiger partial charge in [-0.15, -0.1) is 0 Å². The van der Waals surface area contributed by atoms with E-state index in [1.54, 1.807) is 6.07 Å². The third kappa shape index (κ3) is 3.19. The van der Waals surface area contributed by atoms with Crippen molar-refractivity contribution in [2.45, 2.75) is 46.2 Å². The topological polar surface area (TPSA) is 33.5 Å². The molecule has 3 heteroatoms. The molecule has 134 valence electrons. The number of benzene rings is 2. The van der Waals surface area contributed by atoms with Crippen LogP contribution in [0.2, 0.25) is 0 Å². The first-order chi connectivity index (χ1) is 12.5. The van der Waals surface area contributed by atoms with Crippen LogP contribution in [0, 0.1) is 6.92 Å². The van der Waals surface area contributed by atoms with Crippen LogP contribution in [0.25, 0.3) is 11.0 Å². The summed E-state index contributed by atoms with van der Waals surface area (Å²) in [6.07, 6.45) is 1.06. The summed E-state index contributed by atoms with van der Waals surface area (Å²) < 4.78 is 5.49. The van der Waals surface area contributed by atoms with Crippen molar-refractivity contribution in [1.29, 1.82) is 0 Å². The lowest BCUT2D eigenvalue weighted by Crippen LogP contribution is -2.30. The van der Waals surface area contributed by atoms with Gasteiger partial charge in [-0.3, -0.25) is 4.90 Å². The van der Waals surface area contributed by atoms with Gasteiger partial charge in [0, 0.05) is 31.1 Å². The van der Waals surface area contributed by atoms with Gasteiger partial charge in [-0.1, -0.05) is 38.1 Å². The summed E-state index contributed by atoms with van der Waals surface area (Å²) in [7, 11) is 0. The van der Waals surface area contributed by atoms with Crippen LogP contribution in [0.1, 0.15) is 47.6 Å². The van der Waals surface area contributed by atoms with E-state index in [4.69, 9.17) is 4.42 Å². The van der Waals surface area contributed by atoms with Crippen molar-refractivity contribution in [2.24, 2.45) is 0 Å². The number of nitrogens with zero attached hydrogens (tertiary/aromatic N) is 1. The predicted molar refractivity (Wildman–Crippen MR) is 106 cm³/mol. The Labute approximate surface area is 154 Å². The van der Waals surface area contributed by atoms with Crippen molar-refractivity contribution < 1.29 is 4.42 Å². The molecule has 0 fully saturated rings. The third-order valence-electron chi connectivity index (χ3n) is 5.44. The van der Waals surface area contributed by atoms with Gasteiger partial charge < -0.3 is 4.42 Å².